The minimum atomic E-state index is -0.145. The van der Waals surface area contributed by atoms with E-state index < -0.39 is 0 Å². The maximum Gasteiger partial charge on any atom is 0.153 e. The van der Waals surface area contributed by atoms with E-state index in [1.807, 2.05) is 13.0 Å². The molecule has 6 rings (SSSR count). The lowest BCUT2D eigenvalue weighted by atomic mass is 9.78. The van der Waals surface area contributed by atoms with Crippen LogP contribution in [-0.4, -0.2) is 72.7 Å². The van der Waals surface area contributed by atoms with Gasteiger partial charge in [-0.25, -0.2) is 15.0 Å². The van der Waals surface area contributed by atoms with Gasteiger partial charge in [0, 0.05) is 43.9 Å². The predicted molar refractivity (Wildman–Crippen MR) is 131 cm³/mol. The molecule has 2 aromatic rings. The van der Waals surface area contributed by atoms with E-state index in [9.17, 15) is 5.11 Å². The molecule has 0 aromatic carbocycles. The Morgan fingerprint density at radius 3 is 2.44 bits per heavy atom. The van der Waals surface area contributed by atoms with Crippen LogP contribution >= 0.6 is 23.4 Å². The minimum Gasteiger partial charge on any atom is -0.390 e. The van der Waals surface area contributed by atoms with Crippen molar-refractivity contribution in [1.29, 1.82) is 0 Å². The molecule has 1 N–H and O–H groups in total. The number of aliphatic hydroxyl groups is 1. The van der Waals surface area contributed by atoms with Crippen molar-refractivity contribution in [2.45, 2.75) is 42.7 Å². The number of hydrogen-bond donors (Lipinski definition) is 1. The van der Waals surface area contributed by atoms with Crippen molar-refractivity contribution in [1.82, 2.24) is 15.0 Å². The predicted octanol–water partition coefficient (Wildman–Crippen LogP) is 3.32. The summed E-state index contributed by atoms with van der Waals surface area (Å²) in [6.45, 7) is 8.92. The maximum atomic E-state index is 10.1. The van der Waals surface area contributed by atoms with Crippen molar-refractivity contribution in [2.24, 2.45) is 10.8 Å². The molecule has 0 saturated carbocycles. The van der Waals surface area contributed by atoms with Crippen molar-refractivity contribution >= 4 is 35.0 Å². The Kier molecular flexibility index (Phi) is 5.89. The molecule has 182 valence electrons. The zero-order valence-corrected chi connectivity index (χ0v) is 21.0. The molecular weight excluding hydrogens is 474 g/mol. The first-order chi connectivity index (χ1) is 16.5. The van der Waals surface area contributed by atoms with Crippen LogP contribution in [-0.2, 0) is 16.1 Å². The van der Waals surface area contributed by atoms with Gasteiger partial charge < -0.3 is 24.4 Å². The second-order valence-electron chi connectivity index (χ2n) is 10.2. The third kappa shape index (κ3) is 3.95. The molecule has 34 heavy (non-hydrogen) atoms. The first kappa shape index (κ1) is 22.8. The summed E-state index contributed by atoms with van der Waals surface area (Å²) < 4.78 is 11.0. The van der Waals surface area contributed by atoms with Crippen LogP contribution in [0.15, 0.2) is 22.2 Å². The number of aromatic nitrogens is 3. The standard InChI is InChI=1S/C24H30ClN5O3S/c1-16-22(34-18-2-6-26-21(19(18)25)30-11-24(12-30)14-33-15-24)28-17(10-31)20(27-16)29-7-3-23(4-8-29)5-9-32-13-23/h2,6,31H,3-5,7-15H2,1H3. The summed E-state index contributed by atoms with van der Waals surface area (Å²) >= 11 is 8.27. The Labute approximate surface area is 209 Å². The fourth-order valence-electron chi connectivity index (χ4n) is 5.52. The second-order valence-corrected chi connectivity index (χ2v) is 11.6. The van der Waals surface area contributed by atoms with Crippen LogP contribution in [0.1, 0.15) is 30.7 Å². The molecule has 0 amide bonds. The van der Waals surface area contributed by atoms with Crippen LogP contribution < -0.4 is 9.80 Å². The molecular formula is C24H30ClN5O3S. The van der Waals surface area contributed by atoms with E-state index in [1.165, 1.54) is 11.8 Å². The fourth-order valence-corrected chi connectivity index (χ4v) is 6.74. The lowest BCUT2D eigenvalue weighted by molar-refractivity contribution is -0.127. The normalized spacial score (nSPS) is 22.8. The van der Waals surface area contributed by atoms with Crippen molar-refractivity contribution in [2.75, 3.05) is 62.4 Å². The van der Waals surface area contributed by atoms with Gasteiger partial charge >= 0.3 is 0 Å². The monoisotopic (exact) mass is 503 g/mol. The van der Waals surface area contributed by atoms with Gasteiger partial charge in [-0.05, 0) is 37.7 Å². The zero-order valence-electron chi connectivity index (χ0n) is 19.4. The highest BCUT2D eigenvalue weighted by Gasteiger charge is 2.50. The number of nitrogens with zero attached hydrogens (tertiary/aromatic N) is 5. The SMILES string of the molecule is Cc1nc(N2CCC3(CCOC3)CC2)c(CO)nc1Sc1ccnc(N2CC3(COC3)C2)c1Cl. The van der Waals surface area contributed by atoms with Crippen LogP contribution in [0, 0.1) is 17.8 Å². The highest BCUT2D eigenvalue weighted by atomic mass is 35.5. The Morgan fingerprint density at radius 1 is 1.03 bits per heavy atom. The van der Waals surface area contributed by atoms with Gasteiger partial charge in [-0.2, -0.15) is 0 Å². The lowest BCUT2D eigenvalue weighted by Crippen LogP contribution is -2.66. The molecule has 10 heteroatoms. The van der Waals surface area contributed by atoms with E-state index in [1.54, 1.807) is 6.20 Å². The first-order valence-electron chi connectivity index (χ1n) is 12.0. The van der Waals surface area contributed by atoms with Gasteiger partial charge in [-0.1, -0.05) is 23.4 Å². The summed E-state index contributed by atoms with van der Waals surface area (Å²) in [5.41, 5.74) is 2.07. The molecule has 0 unspecified atom stereocenters. The Hall–Kier alpha value is -1.65. The van der Waals surface area contributed by atoms with Crippen LogP contribution in [0.3, 0.4) is 0 Å². The van der Waals surface area contributed by atoms with Gasteiger partial charge in [0.1, 0.15) is 16.5 Å². The third-order valence-corrected chi connectivity index (χ3v) is 9.37. The van der Waals surface area contributed by atoms with Gasteiger partial charge in [0.15, 0.2) is 5.82 Å². The third-order valence-electron chi connectivity index (χ3n) is 7.75. The van der Waals surface area contributed by atoms with Crippen molar-refractivity contribution in [3.8, 4) is 0 Å². The number of pyridine rings is 1. The largest absolute Gasteiger partial charge is 0.390 e. The Balaban J connectivity index is 1.20. The van der Waals surface area contributed by atoms with E-state index in [4.69, 9.17) is 31.0 Å². The molecule has 0 atom stereocenters. The van der Waals surface area contributed by atoms with E-state index in [-0.39, 0.29) is 6.61 Å². The molecule has 4 saturated heterocycles. The van der Waals surface area contributed by atoms with Crippen molar-refractivity contribution in [3.05, 3.63) is 28.7 Å². The van der Waals surface area contributed by atoms with Crippen LogP contribution in [0.5, 0.6) is 0 Å². The average molecular weight is 504 g/mol. The van der Waals surface area contributed by atoms with Crippen LogP contribution in [0.25, 0.3) is 0 Å². The van der Waals surface area contributed by atoms with E-state index in [0.717, 1.165) is 99.1 Å². The summed E-state index contributed by atoms with van der Waals surface area (Å²) in [6.07, 6.45) is 5.13. The molecule has 4 aliphatic rings. The highest BCUT2D eigenvalue weighted by molar-refractivity contribution is 7.99. The van der Waals surface area contributed by atoms with E-state index >= 15 is 0 Å². The summed E-state index contributed by atoms with van der Waals surface area (Å²) in [4.78, 5) is 19.6. The molecule has 2 spiro atoms. The first-order valence-corrected chi connectivity index (χ1v) is 13.2. The summed E-state index contributed by atoms with van der Waals surface area (Å²) in [5, 5.41) is 11.5. The topological polar surface area (TPSA) is 83.8 Å². The summed E-state index contributed by atoms with van der Waals surface area (Å²) in [7, 11) is 0. The van der Waals surface area contributed by atoms with Gasteiger partial charge in [0.05, 0.1) is 42.6 Å². The molecule has 8 nitrogen and oxygen atoms in total. The maximum absolute atomic E-state index is 10.1. The minimum absolute atomic E-state index is 0.145. The molecule has 4 fully saturated rings. The smallest absolute Gasteiger partial charge is 0.153 e. The molecule has 2 aromatic heterocycles. The average Bonchev–Trinajstić information content (AvgIpc) is 3.23. The van der Waals surface area contributed by atoms with Gasteiger partial charge in [0.25, 0.3) is 0 Å². The second kappa shape index (κ2) is 8.78. The van der Waals surface area contributed by atoms with Gasteiger partial charge in [0.2, 0.25) is 0 Å². The molecule has 4 aliphatic heterocycles. The van der Waals surface area contributed by atoms with Crippen LogP contribution in [0.2, 0.25) is 5.02 Å². The number of hydrogen-bond acceptors (Lipinski definition) is 9. The Morgan fingerprint density at radius 2 is 1.79 bits per heavy atom. The number of anilines is 2. The van der Waals surface area contributed by atoms with E-state index in [0.29, 0.717) is 21.5 Å². The highest BCUT2D eigenvalue weighted by Crippen LogP contribution is 2.45. The summed E-state index contributed by atoms with van der Waals surface area (Å²) in [6, 6.07) is 1.92. The van der Waals surface area contributed by atoms with Crippen molar-refractivity contribution in [3.63, 3.8) is 0 Å². The molecule has 0 radical (unpaired) electrons. The zero-order chi connectivity index (χ0) is 23.3. The fraction of sp³-hybridized carbons (Fsp3) is 0.625. The lowest BCUT2D eigenvalue weighted by Gasteiger charge is -2.55. The summed E-state index contributed by atoms with van der Waals surface area (Å²) in [5.74, 6) is 1.61. The number of rotatable bonds is 5. The van der Waals surface area contributed by atoms with Crippen molar-refractivity contribution < 1.29 is 14.6 Å². The van der Waals surface area contributed by atoms with E-state index in [2.05, 4.69) is 14.8 Å². The van der Waals surface area contributed by atoms with Gasteiger partial charge in [-0.3, -0.25) is 0 Å². The molecule has 0 bridgehead atoms. The Bertz CT molecular complexity index is 1070. The number of piperidine rings is 1. The quantitative estimate of drug-likeness (QED) is 0.660. The number of aryl methyl sites for hydroxylation is 1. The number of ether oxygens (including phenoxy) is 2. The van der Waals surface area contributed by atoms with Gasteiger partial charge in [-0.15, -0.1) is 0 Å². The number of aliphatic hydroxyl groups excluding tert-OH is 1. The molecule has 6 heterocycles. The number of halogens is 1. The molecule has 0 aliphatic carbocycles. The van der Waals surface area contributed by atoms with Crippen LogP contribution in [0.4, 0.5) is 11.6 Å².